The van der Waals surface area contributed by atoms with Gasteiger partial charge in [-0.25, -0.2) is 9.67 Å². The number of carbonyl (C=O) groups is 1. The molecule has 3 heterocycles. The summed E-state index contributed by atoms with van der Waals surface area (Å²) in [5.74, 6) is 1.94. The normalized spacial score (nSPS) is 13.0. The second-order valence-electron chi connectivity index (χ2n) is 8.64. The van der Waals surface area contributed by atoms with Gasteiger partial charge in [0.15, 0.2) is 17.1 Å². The van der Waals surface area contributed by atoms with Gasteiger partial charge in [-0.2, -0.15) is 5.10 Å². The van der Waals surface area contributed by atoms with Gasteiger partial charge in [-0.3, -0.25) is 9.59 Å². The van der Waals surface area contributed by atoms with Gasteiger partial charge in [0, 0.05) is 25.9 Å². The smallest absolute Gasteiger partial charge is 0.262 e. The third kappa shape index (κ3) is 4.68. The maximum absolute atomic E-state index is 13.1. The summed E-state index contributed by atoms with van der Waals surface area (Å²) in [5.41, 5.74) is 3.29. The minimum absolute atomic E-state index is 0.0202. The molecule has 5 rings (SSSR count). The summed E-state index contributed by atoms with van der Waals surface area (Å²) in [7, 11) is 0. The molecule has 36 heavy (non-hydrogen) atoms. The van der Waals surface area contributed by atoms with Gasteiger partial charge in [0.05, 0.1) is 25.1 Å². The highest BCUT2D eigenvalue weighted by molar-refractivity contribution is 5.77. The summed E-state index contributed by atoms with van der Waals surface area (Å²) < 4.78 is 13.1. The molecular formula is C27H29N5O4. The van der Waals surface area contributed by atoms with Crippen LogP contribution in [-0.2, 0) is 24.2 Å². The molecule has 0 radical (unpaired) electrons. The number of benzene rings is 2. The monoisotopic (exact) mass is 487 g/mol. The molecule has 9 nitrogen and oxygen atoms in total. The molecule has 0 unspecified atom stereocenters. The Labute approximate surface area is 208 Å². The van der Waals surface area contributed by atoms with E-state index in [-0.39, 0.29) is 17.9 Å². The average molecular weight is 488 g/mol. The van der Waals surface area contributed by atoms with Crippen LogP contribution in [0.25, 0.3) is 16.7 Å². The molecule has 1 aliphatic rings. The summed E-state index contributed by atoms with van der Waals surface area (Å²) >= 11 is 0. The molecule has 1 aliphatic heterocycles. The molecule has 0 saturated heterocycles. The molecule has 0 aliphatic carbocycles. The second-order valence-corrected chi connectivity index (χ2v) is 8.64. The first-order valence-corrected chi connectivity index (χ1v) is 12.3. The summed E-state index contributed by atoms with van der Waals surface area (Å²) in [6.07, 6.45) is 2.85. The number of aromatic amines is 1. The van der Waals surface area contributed by atoms with Crippen LogP contribution in [0.3, 0.4) is 0 Å². The fraction of sp³-hybridized carbons (Fsp3) is 0.333. The number of amides is 1. The van der Waals surface area contributed by atoms with Gasteiger partial charge in [0.1, 0.15) is 11.2 Å². The van der Waals surface area contributed by atoms with Gasteiger partial charge in [-0.15, -0.1) is 0 Å². The summed E-state index contributed by atoms with van der Waals surface area (Å²) in [4.78, 5) is 35.0. The number of hydrogen-bond acceptors (Lipinski definition) is 6. The molecule has 0 atom stereocenters. The molecule has 0 fully saturated rings. The Balaban J connectivity index is 1.31. The summed E-state index contributed by atoms with van der Waals surface area (Å²) in [6.45, 7) is 6.15. The van der Waals surface area contributed by atoms with Crippen LogP contribution in [0.5, 0.6) is 11.5 Å². The fourth-order valence-corrected chi connectivity index (χ4v) is 4.54. The van der Waals surface area contributed by atoms with Crippen molar-refractivity contribution in [2.24, 2.45) is 0 Å². The highest BCUT2D eigenvalue weighted by Gasteiger charge is 2.23. The lowest BCUT2D eigenvalue weighted by Crippen LogP contribution is -2.36. The van der Waals surface area contributed by atoms with E-state index < -0.39 is 0 Å². The molecule has 1 N–H and O–H groups in total. The first-order chi connectivity index (χ1) is 17.6. The molecule has 186 valence electrons. The number of H-pyrrole nitrogens is 1. The molecule has 2 aromatic carbocycles. The third-order valence-electron chi connectivity index (χ3n) is 6.29. The number of para-hydroxylation sites is 1. The molecule has 1 amide bonds. The van der Waals surface area contributed by atoms with Crippen molar-refractivity contribution in [1.29, 1.82) is 0 Å². The number of hydrogen-bond donors (Lipinski definition) is 1. The lowest BCUT2D eigenvalue weighted by molar-refractivity contribution is -0.132. The molecule has 4 aromatic rings. The van der Waals surface area contributed by atoms with Crippen LogP contribution in [0.2, 0.25) is 0 Å². The average Bonchev–Trinajstić information content (AvgIpc) is 3.33. The zero-order chi connectivity index (χ0) is 25.1. The van der Waals surface area contributed by atoms with Crippen molar-refractivity contribution < 1.29 is 14.3 Å². The van der Waals surface area contributed by atoms with Crippen molar-refractivity contribution in [3.05, 3.63) is 76.0 Å². The van der Waals surface area contributed by atoms with Crippen LogP contribution < -0.4 is 15.0 Å². The largest absolute Gasteiger partial charge is 0.490 e. The van der Waals surface area contributed by atoms with Crippen molar-refractivity contribution >= 4 is 16.9 Å². The Morgan fingerprint density at radius 1 is 1.06 bits per heavy atom. The van der Waals surface area contributed by atoms with E-state index in [0.717, 1.165) is 23.4 Å². The predicted molar refractivity (Wildman–Crippen MR) is 136 cm³/mol. The van der Waals surface area contributed by atoms with E-state index in [1.54, 1.807) is 4.68 Å². The van der Waals surface area contributed by atoms with E-state index >= 15 is 0 Å². The van der Waals surface area contributed by atoms with E-state index in [4.69, 9.17) is 9.47 Å². The molecule has 2 aromatic heterocycles. The molecule has 0 spiro atoms. The van der Waals surface area contributed by atoms with E-state index in [2.05, 4.69) is 15.1 Å². The minimum Gasteiger partial charge on any atom is -0.490 e. The first-order valence-electron chi connectivity index (χ1n) is 12.3. The van der Waals surface area contributed by atoms with Gasteiger partial charge < -0.3 is 19.4 Å². The highest BCUT2D eigenvalue weighted by atomic mass is 16.5. The zero-order valence-corrected chi connectivity index (χ0v) is 20.5. The SMILES string of the molecule is CCOc1cc2c(cc1OCC)CN(C(=O)CCc1nc3c(cnn3-c3ccccc3)c(=O)[nH]1)CC2. The van der Waals surface area contributed by atoms with Crippen LogP contribution in [0, 0.1) is 0 Å². The zero-order valence-electron chi connectivity index (χ0n) is 20.5. The van der Waals surface area contributed by atoms with Gasteiger partial charge >= 0.3 is 0 Å². The fourth-order valence-electron chi connectivity index (χ4n) is 4.54. The number of rotatable bonds is 8. The number of ether oxygens (including phenoxy) is 2. The van der Waals surface area contributed by atoms with E-state index in [1.807, 2.05) is 61.2 Å². The molecule has 0 saturated carbocycles. The standard InChI is InChI=1S/C27H29N5O4/c1-3-35-22-14-18-12-13-31(17-19(18)15-23(22)36-4-2)25(33)11-10-24-29-26-21(27(34)30-24)16-28-32(26)20-8-6-5-7-9-20/h5-9,14-16H,3-4,10-13,17H2,1-2H3,(H,29,30,34). The Morgan fingerprint density at radius 3 is 2.50 bits per heavy atom. The van der Waals surface area contributed by atoms with Crippen molar-refractivity contribution in [3.8, 4) is 17.2 Å². The topological polar surface area (TPSA) is 102 Å². The van der Waals surface area contributed by atoms with Crippen LogP contribution in [0.15, 0.2) is 53.5 Å². The predicted octanol–water partition coefficient (Wildman–Crippen LogP) is 3.42. The van der Waals surface area contributed by atoms with Gasteiger partial charge in [-0.05, 0) is 55.7 Å². The summed E-state index contributed by atoms with van der Waals surface area (Å²) in [5, 5.41) is 4.75. The van der Waals surface area contributed by atoms with Crippen molar-refractivity contribution in [3.63, 3.8) is 0 Å². The lowest BCUT2D eigenvalue weighted by atomic mass is 9.98. The first kappa shape index (κ1) is 23.6. The Hall–Kier alpha value is -4.14. The Morgan fingerprint density at radius 2 is 1.78 bits per heavy atom. The van der Waals surface area contributed by atoms with E-state index in [0.29, 0.717) is 55.3 Å². The van der Waals surface area contributed by atoms with Crippen LogP contribution in [0.4, 0.5) is 0 Å². The molecular weight excluding hydrogens is 458 g/mol. The number of carbonyl (C=O) groups excluding carboxylic acids is 1. The number of fused-ring (bicyclic) bond motifs is 2. The third-order valence-corrected chi connectivity index (χ3v) is 6.29. The van der Waals surface area contributed by atoms with Crippen molar-refractivity contribution in [2.75, 3.05) is 19.8 Å². The van der Waals surface area contributed by atoms with Gasteiger partial charge in [0.2, 0.25) is 5.91 Å². The second kappa shape index (κ2) is 10.2. The van der Waals surface area contributed by atoms with Crippen molar-refractivity contribution in [2.45, 2.75) is 39.7 Å². The molecule has 9 heteroatoms. The van der Waals surface area contributed by atoms with Gasteiger partial charge in [-0.1, -0.05) is 18.2 Å². The number of nitrogens with zero attached hydrogens (tertiary/aromatic N) is 4. The summed E-state index contributed by atoms with van der Waals surface area (Å²) in [6, 6.07) is 13.6. The maximum atomic E-state index is 13.1. The Kier molecular flexibility index (Phi) is 6.71. The lowest BCUT2D eigenvalue weighted by Gasteiger charge is -2.30. The maximum Gasteiger partial charge on any atom is 0.262 e. The quantitative estimate of drug-likeness (QED) is 0.409. The van der Waals surface area contributed by atoms with E-state index in [1.165, 1.54) is 11.8 Å². The molecule has 0 bridgehead atoms. The van der Waals surface area contributed by atoms with E-state index in [9.17, 15) is 9.59 Å². The number of nitrogens with one attached hydrogen (secondary N) is 1. The van der Waals surface area contributed by atoms with Crippen molar-refractivity contribution in [1.82, 2.24) is 24.6 Å². The minimum atomic E-state index is -0.259. The number of aromatic nitrogens is 4. The van der Waals surface area contributed by atoms with Crippen LogP contribution >= 0.6 is 0 Å². The van der Waals surface area contributed by atoms with Crippen LogP contribution in [0.1, 0.15) is 37.2 Å². The van der Waals surface area contributed by atoms with Gasteiger partial charge in [0.25, 0.3) is 5.56 Å². The highest BCUT2D eigenvalue weighted by Crippen LogP contribution is 2.34. The number of aryl methyl sites for hydroxylation is 1. The Bertz CT molecular complexity index is 1440. The van der Waals surface area contributed by atoms with Crippen LogP contribution in [-0.4, -0.2) is 50.3 Å².